The van der Waals surface area contributed by atoms with E-state index in [1.54, 1.807) is 8.84 Å². The molecule has 2 nitrogen and oxygen atoms in total. The number of hydrogen-bond donors (Lipinski definition) is 0. The van der Waals surface area contributed by atoms with E-state index < -0.39 is 0 Å². The van der Waals surface area contributed by atoms with E-state index in [0.717, 1.165) is 11.4 Å². The molecule has 24 heavy (non-hydrogen) atoms. The standard InChI is InChI=1S/C20H26Cl2N2/c1-13-9-15(3)19(16(4)10-13)23(21)7-8-24(22)20-17(5)11-14(2)12-18(20)6/h9-12H,7-8H2,1-6H3. The Bertz CT molecular complexity index is 631. The Balaban J connectivity index is 2.14. The third kappa shape index (κ3) is 4.17. The molecule has 4 heteroatoms. The first-order valence-electron chi connectivity index (χ1n) is 8.23. The van der Waals surface area contributed by atoms with Crippen LogP contribution in [-0.2, 0) is 0 Å². The van der Waals surface area contributed by atoms with Crippen molar-refractivity contribution in [1.82, 2.24) is 0 Å². The molecule has 0 fully saturated rings. The van der Waals surface area contributed by atoms with Gasteiger partial charge in [0.25, 0.3) is 0 Å². The summed E-state index contributed by atoms with van der Waals surface area (Å²) in [7, 11) is 0. The Morgan fingerprint density at radius 3 is 1.08 bits per heavy atom. The SMILES string of the molecule is Cc1cc(C)c(N(Cl)CCN(Cl)c2c(C)cc(C)cc2C)c(C)c1. The molecule has 0 radical (unpaired) electrons. The van der Waals surface area contributed by atoms with Crippen LogP contribution in [0.3, 0.4) is 0 Å². The Kier molecular flexibility index (Phi) is 6.06. The molecule has 0 aromatic heterocycles. The normalized spacial score (nSPS) is 10.8. The lowest BCUT2D eigenvalue weighted by molar-refractivity contribution is 0.941. The second-order valence-electron chi connectivity index (χ2n) is 6.67. The van der Waals surface area contributed by atoms with Crippen LogP contribution in [0.5, 0.6) is 0 Å². The van der Waals surface area contributed by atoms with Crippen molar-refractivity contribution in [2.75, 3.05) is 21.9 Å². The average molecular weight is 365 g/mol. The lowest BCUT2D eigenvalue weighted by Crippen LogP contribution is -2.26. The Hall–Kier alpha value is -1.38. The molecular weight excluding hydrogens is 339 g/mol. The number of anilines is 2. The van der Waals surface area contributed by atoms with E-state index in [4.69, 9.17) is 23.6 Å². The molecule has 0 spiro atoms. The van der Waals surface area contributed by atoms with Gasteiger partial charge in [-0.1, -0.05) is 35.4 Å². The highest BCUT2D eigenvalue weighted by atomic mass is 35.5. The summed E-state index contributed by atoms with van der Waals surface area (Å²) in [5.41, 5.74) is 9.40. The molecule has 130 valence electrons. The van der Waals surface area contributed by atoms with E-state index in [1.165, 1.54) is 33.4 Å². The first kappa shape index (κ1) is 19.0. The first-order chi connectivity index (χ1) is 11.2. The van der Waals surface area contributed by atoms with E-state index in [0.29, 0.717) is 13.1 Å². The van der Waals surface area contributed by atoms with Crippen LogP contribution in [0.1, 0.15) is 33.4 Å². The molecule has 2 aromatic rings. The van der Waals surface area contributed by atoms with Gasteiger partial charge in [-0.15, -0.1) is 0 Å². The van der Waals surface area contributed by atoms with E-state index in [9.17, 15) is 0 Å². The largest absolute Gasteiger partial charge is 0.283 e. The molecule has 0 atom stereocenters. The van der Waals surface area contributed by atoms with Gasteiger partial charge in [0.15, 0.2) is 0 Å². The minimum Gasteiger partial charge on any atom is -0.283 e. The summed E-state index contributed by atoms with van der Waals surface area (Å²) in [6, 6.07) is 8.63. The van der Waals surface area contributed by atoms with E-state index in [2.05, 4.69) is 65.8 Å². The number of rotatable bonds is 5. The van der Waals surface area contributed by atoms with Gasteiger partial charge in [-0.3, -0.25) is 8.84 Å². The molecular formula is C20H26Cl2N2. The average Bonchev–Trinajstić information content (AvgIpc) is 2.42. The van der Waals surface area contributed by atoms with Crippen LogP contribution in [0.4, 0.5) is 11.4 Å². The van der Waals surface area contributed by atoms with Crippen LogP contribution >= 0.6 is 23.6 Å². The zero-order chi connectivity index (χ0) is 18.0. The lowest BCUT2D eigenvalue weighted by Gasteiger charge is -2.25. The minimum atomic E-state index is 0.641. The maximum absolute atomic E-state index is 6.55. The van der Waals surface area contributed by atoms with Crippen molar-refractivity contribution in [2.24, 2.45) is 0 Å². The van der Waals surface area contributed by atoms with Gasteiger partial charge in [0.05, 0.1) is 24.5 Å². The van der Waals surface area contributed by atoms with Crippen LogP contribution in [0.2, 0.25) is 0 Å². The monoisotopic (exact) mass is 364 g/mol. The summed E-state index contributed by atoms with van der Waals surface area (Å²) in [5, 5.41) is 0. The quantitative estimate of drug-likeness (QED) is 0.586. The Morgan fingerprint density at radius 1 is 0.583 bits per heavy atom. The molecule has 0 amide bonds. The molecule has 0 N–H and O–H groups in total. The summed E-state index contributed by atoms with van der Waals surface area (Å²) in [6.45, 7) is 13.9. The number of aryl methyl sites for hydroxylation is 6. The van der Waals surface area contributed by atoms with Crippen LogP contribution in [0, 0.1) is 41.5 Å². The molecule has 2 aromatic carbocycles. The second-order valence-corrected chi connectivity index (χ2v) is 7.48. The van der Waals surface area contributed by atoms with Gasteiger partial charge in [0, 0.05) is 23.6 Å². The van der Waals surface area contributed by atoms with Gasteiger partial charge in [-0.05, 0) is 63.8 Å². The number of hydrogen-bond acceptors (Lipinski definition) is 2. The molecule has 0 aliphatic carbocycles. The molecule has 0 unspecified atom stereocenters. The number of benzene rings is 2. The number of nitrogens with zero attached hydrogens (tertiary/aromatic N) is 2. The Morgan fingerprint density at radius 2 is 0.833 bits per heavy atom. The van der Waals surface area contributed by atoms with Crippen molar-refractivity contribution in [1.29, 1.82) is 0 Å². The third-order valence-electron chi connectivity index (χ3n) is 4.25. The van der Waals surface area contributed by atoms with Crippen molar-refractivity contribution in [3.8, 4) is 0 Å². The van der Waals surface area contributed by atoms with Gasteiger partial charge >= 0.3 is 0 Å². The summed E-state index contributed by atoms with van der Waals surface area (Å²) < 4.78 is 3.55. The van der Waals surface area contributed by atoms with Gasteiger partial charge in [-0.2, -0.15) is 0 Å². The van der Waals surface area contributed by atoms with Crippen molar-refractivity contribution in [3.63, 3.8) is 0 Å². The van der Waals surface area contributed by atoms with Crippen molar-refractivity contribution in [2.45, 2.75) is 41.5 Å². The predicted octanol–water partition coefficient (Wildman–Crippen LogP) is 6.16. The summed E-state index contributed by atoms with van der Waals surface area (Å²) >= 11 is 13.1. The fourth-order valence-corrected chi connectivity index (χ4v) is 4.19. The molecule has 0 bridgehead atoms. The van der Waals surface area contributed by atoms with Gasteiger partial charge in [0.1, 0.15) is 0 Å². The summed E-state index contributed by atoms with van der Waals surface area (Å²) in [4.78, 5) is 0. The smallest absolute Gasteiger partial charge is 0.0582 e. The highest BCUT2D eigenvalue weighted by Gasteiger charge is 2.15. The Labute approximate surface area is 156 Å². The summed E-state index contributed by atoms with van der Waals surface area (Å²) in [5.74, 6) is 0. The fraction of sp³-hybridized carbons (Fsp3) is 0.400. The van der Waals surface area contributed by atoms with Gasteiger partial charge < -0.3 is 0 Å². The van der Waals surface area contributed by atoms with E-state index >= 15 is 0 Å². The molecule has 0 saturated heterocycles. The summed E-state index contributed by atoms with van der Waals surface area (Å²) in [6.07, 6.45) is 0. The highest BCUT2D eigenvalue weighted by Crippen LogP contribution is 2.30. The lowest BCUT2D eigenvalue weighted by atomic mass is 10.0. The third-order valence-corrected chi connectivity index (χ3v) is 4.92. The predicted molar refractivity (Wildman–Crippen MR) is 108 cm³/mol. The first-order valence-corrected chi connectivity index (χ1v) is 8.90. The molecule has 2 rings (SSSR count). The van der Waals surface area contributed by atoms with Gasteiger partial charge in [-0.25, -0.2) is 0 Å². The van der Waals surface area contributed by atoms with Crippen molar-refractivity contribution < 1.29 is 0 Å². The second kappa shape index (κ2) is 7.67. The van der Waals surface area contributed by atoms with Crippen LogP contribution in [0.25, 0.3) is 0 Å². The minimum absolute atomic E-state index is 0.641. The van der Waals surface area contributed by atoms with E-state index in [-0.39, 0.29) is 0 Å². The van der Waals surface area contributed by atoms with E-state index in [1.807, 2.05) is 0 Å². The van der Waals surface area contributed by atoms with Crippen molar-refractivity contribution >= 4 is 34.9 Å². The molecule has 0 saturated carbocycles. The molecule has 0 aliphatic heterocycles. The van der Waals surface area contributed by atoms with Crippen LogP contribution in [0.15, 0.2) is 24.3 Å². The topological polar surface area (TPSA) is 6.48 Å². The zero-order valence-corrected chi connectivity index (χ0v) is 16.9. The highest BCUT2D eigenvalue weighted by molar-refractivity contribution is 6.27. The number of halogens is 2. The van der Waals surface area contributed by atoms with Crippen LogP contribution < -0.4 is 8.84 Å². The van der Waals surface area contributed by atoms with Gasteiger partial charge in [0.2, 0.25) is 0 Å². The zero-order valence-electron chi connectivity index (χ0n) is 15.4. The fourth-order valence-electron chi connectivity index (χ4n) is 3.51. The maximum atomic E-state index is 6.55. The maximum Gasteiger partial charge on any atom is 0.0582 e. The van der Waals surface area contributed by atoms with Crippen molar-refractivity contribution in [3.05, 3.63) is 57.6 Å². The molecule has 0 heterocycles. The van der Waals surface area contributed by atoms with Crippen LogP contribution in [-0.4, -0.2) is 13.1 Å². The molecule has 0 aliphatic rings.